The normalized spacial score (nSPS) is 18.2. The Labute approximate surface area is 96.5 Å². The first-order valence-corrected chi connectivity index (χ1v) is 5.24. The molecule has 1 aliphatic rings. The third-order valence-corrected chi connectivity index (χ3v) is 2.55. The molecule has 1 unspecified atom stereocenters. The van der Waals surface area contributed by atoms with Gasteiger partial charge < -0.3 is 19.0 Å². The zero-order valence-corrected chi connectivity index (χ0v) is 8.88. The SMILES string of the molecule is O=C(O)c1cc2cccc(OCC3CO3)c2o1. The van der Waals surface area contributed by atoms with Crippen LogP contribution in [0.15, 0.2) is 28.7 Å². The number of carboxylic acids is 1. The molecule has 1 fully saturated rings. The Bertz CT molecular complexity index is 567. The van der Waals surface area contributed by atoms with Crippen LogP contribution in [0.4, 0.5) is 0 Å². The molecule has 1 N–H and O–H groups in total. The summed E-state index contributed by atoms with van der Waals surface area (Å²) < 4.78 is 15.8. The minimum Gasteiger partial charge on any atom is -0.487 e. The molecule has 1 saturated heterocycles. The average Bonchev–Trinajstić information content (AvgIpc) is 3.02. The summed E-state index contributed by atoms with van der Waals surface area (Å²) in [6, 6.07) is 6.82. The lowest BCUT2D eigenvalue weighted by Gasteiger charge is -2.03. The van der Waals surface area contributed by atoms with Gasteiger partial charge in [0.2, 0.25) is 5.76 Å². The lowest BCUT2D eigenvalue weighted by Crippen LogP contribution is -2.03. The first kappa shape index (κ1) is 10.2. The second kappa shape index (κ2) is 3.78. The predicted molar refractivity (Wildman–Crippen MR) is 58.4 cm³/mol. The van der Waals surface area contributed by atoms with Gasteiger partial charge >= 0.3 is 5.97 Å². The molecule has 2 heterocycles. The molecule has 5 heteroatoms. The van der Waals surface area contributed by atoms with Crippen LogP contribution in [0.1, 0.15) is 10.6 Å². The van der Waals surface area contributed by atoms with E-state index in [0.29, 0.717) is 24.5 Å². The lowest BCUT2D eigenvalue weighted by atomic mass is 10.2. The van der Waals surface area contributed by atoms with Crippen LogP contribution in [0.3, 0.4) is 0 Å². The molecular weight excluding hydrogens is 224 g/mol. The number of ether oxygens (including phenoxy) is 2. The number of carbonyl (C=O) groups is 1. The van der Waals surface area contributed by atoms with Gasteiger partial charge in [0.15, 0.2) is 11.3 Å². The summed E-state index contributed by atoms with van der Waals surface area (Å²) in [7, 11) is 0. The van der Waals surface area contributed by atoms with Crippen LogP contribution in [-0.2, 0) is 4.74 Å². The highest BCUT2D eigenvalue weighted by Gasteiger charge is 2.24. The maximum Gasteiger partial charge on any atom is 0.371 e. The van der Waals surface area contributed by atoms with E-state index in [0.717, 1.165) is 5.39 Å². The molecule has 3 rings (SSSR count). The number of rotatable bonds is 4. The number of aromatic carboxylic acids is 1. The van der Waals surface area contributed by atoms with Gasteiger partial charge in [-0.05, 0) is 12.1 Å². The van der Waals surface area contributed by atoms with E-state index in [9.17, 15) is 4.79 Å². The van der Waals surface area contributed by atoms with Crippen molar-refractivity contribution in [3.05, 3.63) is 30.0 Å². The highest BCUT2D eigenvalue weighted by atomic mass is 16.6. The molecule has 5 nitrogen and oxygen atoms in total. The fourth-order valence-corrected chi connectivity index (χ4v) is 1.60. The van der Waals surface area contributed by atoms with Crippen molar-refractivity contribution in [2.75, 3.05) is 13.2 Å². The van der Waals surface area contributed by atoms with Crippen molar-refractivity contribution in [1.82, 2.24) is 0 Å². The smallest absolute Gasteiger partial charge is 0.371 e. The first-order valence-electron chi connectivity index (χ1n) is 5.24. The number of para-hydroxylation sites is 1. The van der Waals surface area contributed by atoms with E-state index >= 15 is 0 Å². The van der Waals surface area contributed by atoms with Crippen LogP contribution in [-0.4, -0.2) is 30.4 Å². The molecule has 0 radical (unpaired) electrons. The summed E-state index contributed by atoms with van der Waals surface area (Å²) in [6.45, 7) is 1.18. The Morgan fingerprint density at radius 3 is 3.06 bits per heavy atom. The molecule has 0 amide bonds. The number of furan rings is 1. The molecule has 1 aliphatic heterocycles. The van der Waals surface area contributed by atoms with Crippen molar-refractivity contribution in [1.29, 1.82) is 0 Å². The molecule has 17 heavy (non-hydrogen) atoms. The zero-order chi connectivity index (χ0) is 11.8. The number of epoxide rings is 1. The maximum absolute atomic E-state index is 10.8. The number of carboxylic acid groups (broad SMARTS) is 1. The van der Waals surface area contributed by atoms with Crippen LogP contribution in [0, 0.1) is 0 Å². The van der Waals surface area contributed by atoms with Gasteiger partial charge in [-0.2, -0.15) is 0 Å². The molecular formula is C12H10O5. The quantitative estimate of drug-likeness (QED) is 0.818. The molecule has 1 aromatic heterocycles. The number of hydrogen-bond acceptors (Lipinski definition) is 4. The van der Waals surface area contributed by atoms with Crippen molar-refractivity contribution < 1.29 is 23.8 Å². The third kappa shape index (κ3) is 1.97. The zero-order valence-electron chi connectivity index (χ0n) is 8.88. The van der Waals surface area contributed by atoms with Crippen molar-refractivity contribution in [3.63, 3.8) is 0 Å². The Hall–Kier alpha value is -2.01. The van der Waals surface area contributed by atoms with E-state index in [-0.39, 0.29) is 11.9 Å². The van der Waals surface area contributed by atoms with Gasteiger partial charge in [-0.25, -0.2) is 4.79 Å². The molecule has 0 spiro atoms. The van der Waals surface area contributed by atoms with Crippen molar-refractivity contribution in [2.45, 2.75) is 6.10 Å². The fourth-order valence-electron chi connectivity index (χ4n) is 1.60. The molecule has 1 atom stereocenters. The van der Waals surface area contributed by atoms with E-state index in [1.165, 1.54) is 6.07 Å². The van der Waals surface area contributed by atoms with Gasteiger partial charge in [0.05, 0.1) is 6.61 Å². The Morgan fingerprint density at radius 2 is 2.35 bits per heavy atom. The van der Waals surface area contributed by atoms with Crippen LogP contribution >= 0.6 is 0 Å². The fraction of sp³-hybridized carbons (Fsp3) is 0.250. The summed E-state index contributed by atoms with van der Waals surface area (Å²) in [5.74, 6) is -0.623. The van der Waals surface area contributed by atoms with Crippen LogP contribution in [0.5, 0.6) is 5.75 Å². The minimum atomic E-state index is -1.09. The Kier molecular flexibility index (Phi) is 2.26. The van der Waals surface area contributed by atoms with Crippen molar-refractivity contribution in [3.8, 4) is 5.75 Å². The van der Waals surface area contributed by atoms with E-state index in [1.807, 2.05) is 0 Å². The molecule has 88 valence electrons. The molecule has 1 aromatic carbocycles. The van der Waals surface area contributed by atoms with Gasteiger partial charge in [0.25, 0.3) is 0 Å². The summed E-state index contributed by atoms with van der Waals surface area (Å²) in [6.07, 6.45) is 0.152. The van der Waals surface area contributed by atoms with Crippen molar-refractivity contribution >= 4 is 16.9 Å². The first-order chi connectivity index (χ1) is 8.24. The van der Waals surface area contributed by atoms with E-state index in [1.54, 1.807) is 18.2 Å². The van der Waals surface area contributed by atoms with Crippen LogP contribution < -0.4 is 4.74 Å². The summed E-state index contributed by atoms with van der Waals surface area (Å²) in [5.41, 5.74) is 0.463. The molecule has 0 saturated carbocycles. The third-order valence-electron chi connectivity index (χ3n) is 2.55. The second-order valence-electron chi connectivity index (χ2n) is 3.86. The number of fused-ring (bicyclic) bond motifs is 1. The summed E-state index contributed by atoms with van der Waals surface area (Å²) in [4.78, 5) is 10.8. The number of benzene rings is 1. The van der Waals surface area contributed by atoms with Gasteiger partial charge in [-0.1, -0.05) is 12.1 Å². The maximum atomic E-state index is 10.8. The second-order valence-corrected chi connectivity index (χ2v) is 3.86. The van der Waals surface area contributed by atoms with E-state index in [4.69, 9.17) is 19.0 Å². The van der Waals surface area contributed by atoms with Crippen LogP contribution in [0.25, 0.3) is 11.0 Å². The predicted octanol–water partition coefficient (Wildman–Crippen LogP) is 1.91. The highest BCUT2D eigenvalue weighted by Crippen LogP contribution is 2.29. The lowest BCUT2D eigenvalue weighted by molar-refractivity contribution is 0.0665. The Morgan fingerprint density at radius 1 is 1.53 bits per heavy atom. The van der Waals surface area contributed by atoms with E-state index in [2.05, 4.69) is 0 Å². The van der Waals surface area contributed by atoms with Gasteiger partial charge in [0.1, 0.15) is 12.7 Å². The molecule has 2 aromatic rings. The van der Waals surface area contributed by atoms with E-state index < -0.39 is 5.97 Å². The average molecular weight is 234 g/mol. The standard InChI is InChI=1S/C12H10O5/c13-12(14)10-4-7-2-1-3-9(11(7)17-10)16-6-8-5-15-8/h1-4,8H,5-6H2,(H,13,14). The topological polar surface area (TPSA) is 72.2 Å². The monoisotopic (exact) mass is 234 g/mol. The number of hydrogen-bond donors (Lipinski definition) is 1. The Balaban J connectivity index is 1.95. The minimum absolute atomic E-state index is 0.0845. The molecule has 0 bridgehead atoms. The van der Waals surface area contributed by atoms with Gasteiger partial charge in [-0.3, -0.25) is 0 Å². The summed E-state index contributed by atoms with van der Waals surface area (Å²) >= 11 is 0. The highest BCUT2D eigenvalue weighted by molar-refractivity contribution is 5.93. The molecule has 0 aliphatic carbocycles. The largest absolute Gasteiger partial charge is 0.487 e. The summed E-state index contributed by atoms with van der Waals surface area (Å²) in [5, 5.41) is 9.57. The van der Waals surface area contributed by atoms with Gasteiger partial charge in [0, 0.05) is 5.39 Å². The van der Waals surface area contributed by atoms with Crippen LogP contribution in [0.2, 0.25) is 0 Å². The van der Waals surface area contributed by atoms with Crippen molar-refractivity contribution in [2.24, 2.45) is 0 Å². The van der Waals surface area contributed by atoms with Gasteiger partial charge in [-0.15, -0.1) is 0 Å².